The van der Waals surface area contributed by atoms with Crippen LogP contribution in [0.5, 0.6) is 0 Å². The summed E-state index contributed by atoms with van der Waals surface area (Å²) in [5.74, 6) is 0. The number of anilines is 2. The number of aliphatic hydroxyl groups is 1. The number of aliphatic hydroxyl groups excluding tert-OH is 1. The van der Waals surface area contributed by atoms with E-state index in [-0.39, 0.29) is 6.61 Å². The number of hydrogen-bond donors (Lipinski definition) is 1. The normalized spacial score (nSPS) is 16.3. The second-order valence-electron chi connectivity index (χ2n) is 5.56. The highest BCUT2D eigenvalue weighted by Crippen LogP contribution is 2.42. The smallest absolute Gasteiger partial charge is 0.0892 e. The fraction of sp³-hybridized carbons (Fsp3) is 0.333. The summed E-state index contributed by atoms with van der Waals surface area (Å²) in [6, 6.07) is 13.7. The van der Waals surface area contributed by atoms with E-state index in [1.807, 2.05) is 42.5 Å². The van der Waals surface area contributed by atoms with Crippen molar-refractivity contribution in [2.45, 2.75) is 42.6 Å². The Morgan fingerprint density at radius 1 is 1.05 bits per heavy atom. The molecule has 1 aliphatic heterocycles. The van der Waals surface area contributed by atoms with Crippen LogP contribution in [0.3, 0.4) is 0 Å². The Bertz CT molecular complexity index is 699. The van der Waals surface area contributed by atoms with Gasteiger partial charge < -0.3 is 10.0 Å². The van der Waals surface area contributed by atoms with E-state index in [1.54, 1.807) is 0 Å². The molecule has 0 aliphatic carbocycles. The summed E-state index contributed by atoms with van der Waals surface area (Å²) in [5, 5.41) is 9.35. The summed E-state index contributed by atoms with van der Waals surface area (Å²) in [6.07, 6.45) is 3.47. The van der Waals surface area contributed by atoms with E-state index < -0.39 is 10.8 Å². The minimum absolute atomic E-state index is 0.0258. The van der Waals surface area contributed by atoms with Crippen molar-refractivity contribution in [1.29, 1.82) is 0 Å². The SMILES string of the molecule is CCCCCN1c2ccccc2S(=O)c2cc(CO)ccc21. The fourth-order valence-electron chi connectivity index (χ4n) is 2.87. The van der Waals surface area contributed by atoms with Gasteiger partial charge in [-0.3, -0.25) is 0 Å². The van der Waals surface area contributed by atoms with E-state index in [1.165, 1.54) is 12.8 Å². The Balaban J connectivity index is 2.07. The molecule has 22 heavy (non-hydrogen) atoms. The topological polar surface area (TPSA) is 40.5 Å². The first-order valence-corrected chi connectivity index (χ1v) is 8.93. The number of para-hydroxylation sites is 1. The maximum atomic E-state index is 12.9. The van der Waals surface area contributed by atoms with Crippen molar-refractivity contribution in [3.05, 3.63) is 48.0 Å². The van der Waals surface area contributed by atoms with Crippen molar-refractivity contribution in [2.75, 3.05) is 11.4 Å². The number of rotatable bonds is 5. The zero-order chi connectivity index (χ0) is 15.5. The number of nitrogens with zero attached hydrogens (tertiary/aromatic N) is 1. The maximum absolute atomic E-state index is 12.9. The number of benzene rings is 2. The van der Waals surface area contributed by atoms with E-state index in [2.05, 4.69) is 11.8 Å². The lowest BCUT2D eigenvalue weighted by atomic mass is 10.1. The van der Waals surface area contributed by atoms with Crippen molar-refractivity contribution in [3.8, 4) is 0 Å². The molecule has 3 rings (SSSR count). The molecule has 0 spiro atoms. The second kappa shape index (κ2) is 6.63. The Morgan fingerprint density at radius 2 is 1.82 bits per heavy atom. The van der Waals surface area contributed by atoms with Crippen molar-refractivity contribution < 1.29 is 9.32 Å². The van der Waals surface area contributed by atoms with Crippen molar-refractivity contribution in [1.82, 2.24) is 0 Å². The molecule has 0 saturated carbocycles. The zero-order valence-electron chi connectivity index (χ0n) is 12.8. The van der Waals surface area contributed by atoms with E-state index in [4.69, 9.17) is 0 Å². The molecule has 2 aromatic carbocycles. The molecule has 0 amide bonds. The van der Waals surface area contributed by atoms with Crippen LogP contribution in [0.2, 0.25) is 0 Å². The van der Waals surface area contributed by atoms with Crippen LogP contribution in [0.15, 0.2) is 52.3 Å². The first-order valence-electron chi connectivity index (χ1n) is 7.78. The van der Waals surface area contributed by atoms with Crippen LogP contribution in [0.1, 0.15) is 31.7 Å². The van der Waals surface area contributed by atoms with Gasteiger partial charge in [-0.2, -0.15) is 0 Å². The Labute approximate surface area is 134 Å². The molecule has 0 bridgehead atoms. The molecule has 1 aliphatic rings. The molecule has 1 atom stereocenters. The van der Waals surface area contributed by atoms with Gasteiger partial charge in [0.25, 0.3) is 0 Å². The van der Waals surface area contributed by atoms with Gasteiger partial charge in [0.1, 0.15) is 0 Å². The molecule has 0 saturated heterocycles. The van der Waals surface area contributed by atoms with Crippen LogP contribution in [0.4, 0.5) is 11.4 Å². The van der Waals surface area contributed by atoms with E-state index in [9.17, 15) is 9.32 Å². The van der Waals surface area contributed by atoms with Gasteiger partial charge in [-0.15, -0.1) is 0 Å². The molecule has 116 valence electrons. The van der Waals surface area contributed by atoms with Crippen molar-refractivity contribution >= 4 is 22.2 Å². The van der Waals surface area contributed by atoms with Gasteiger partial charge in [-0.25, -0.2) is 4.21 Å². The van der Waals surface area contributed by atoms with Gasteiger partial charge in [0, 0.05) is 6.54 Å². The predicted octanol–water partition coefficient (Wildman–Crippen LogP) is 3.99. The molecule has 0 radical (unpaired) electrons. The van der Waals surface area contributed by atoms with Crippen LogP contribution in [0.25, 0.3) is 0 Å². The molecular formula is C18H21NO2S. The van der Waals surface area contributed by atoms with Gasteiger partial charge >= 0.3 is 0 Å². The van der Waals surface area contributed by atoms with Crippen LogP contribution in [-0.4, -0.2) is 15.9 Å². The van der Waals surface area contributed by atoms with Gasteiger partial charge in [0.2, 0.25) is 0 Å². The first kappa shape index (κ1) is 15.3. The molecule has 3 nitrogen and oxygen atoms in total. The van der Waals surface area contributed by atoms with Crippen LogP contribution >= 0.6 is 0 Å². The maximum Gasteiger partial charge on any atom is 0.0892 e. The van der Waals surface area contributed by atoms with E-state index >= 15 is 0 Å². The fourth-order valence-corrected chi connectivity index (χ4v) is 4.31. The summed E-state index contributed by atoms with van der Waals surface area (Å²) in [7, 11) is -1.18. The lowest BCUT2D eigenvalue weighted by Gasteiger charge is -2.33. The van der Waals surface area contributed by atoms with E-state index in [0.717, 1.165) is 39.7 Å². The summed E-state index contributed by atoms with van der Waals surface area (Å²) >= 11 is 0. The highest BCUT2D eigenvalue weighted by atomic mass is 32.2. The van der Waals surface area contributed by atoms with Crippen molar-refractivity contribution in [2.24, 2.45) is 0 Å². The molecule has 2 aromatic rings. The standard InChI is InChI=1S/C18H21NO2S/c1-2-3-6-11-19-15-7-4-5-8-17(15)22(21)18-12-14(13-20)9-10-16(18)19/h4-5,7-10,12,20H,2-3,6,11,13H2,1H3. The summed E-state index contributed by atoms with van der Waals surface area (Å²) in [4.78, 5) is 3.94. The molecule has 4 heteroatoms. The summed E-state index contributed by atoms with van der Waals surface area (Å²) in [5.41, 5.74) is 2.85. The predicted molar refractivity (Wildman–Crippen MR) is 90.0 cm³/mol. The van der Waals surface area contributed by atoms with Crippen LogP contribution in [0, 0.1) is 0 Å². The minimum Gasteiger partial charge on any atom is -0.392 e. The molecule has 0 aromatic heterocycles. The van der Waals surface area contributed by atoms with Crippen LogP contribution in [-0.2, 0) is 17.4 Å². The van der Waals surface area contributed by atoms with E-state index in [0.29, 0.717) is 0 Å². The van der Waals surface area contributed by atoms with Gasteiger partial charge in [0.05, 0.1) is 38.6 Å². The van der Waals surface area contributed by atoms with Gasteiger partial charge in [-0.1, -0.05) is 38.0 Å². The Kier molecular flexibility index (Phi) is 4.60. The lowest BCUT2D eigenvalue weighted by molar-refractivity contribution is 0.281. The van der Waals surface area contributed by atoms with Crippen molar-refractivity contribution in [3.63, 3.8) is 0 Å². The average molecular weight is 315 g/mol. The largest absolute Gasteiger partial charge is 0.392 e. The summed E-state index contributed by atoms with van der Waals surface area (Å²) < 4.78 is 12.9. The zero-order valence-corrected chi connectivity index (χ0v) is 13.6. The molecule has 1 unspecified atom stereocenters. The Morgan fingerprint density at radius 3 is 2.59 bits per heavy atom. The average Bonchev–Trinajstić information content (AvgIpc) is 2.57. The molecule has 0 fully saturated rings. The number of unbranched alkanes of at least 4 members (excludes halogenated alkanes) is 2. The highest BCUT2D eigenvalue weighted by Gasteiger charge is 2.27. The van der Waals surface area contributed by atoms with Gasteiger partial charge in [0.15, 0.2) is 0 Å². The van der Waals surface area contributed by atoms with Gasteiger partial charge in [-0.05, 0) is 36.2 Å². The molecular weight excluding hydrogens is 294 g/mol. The third-order valence-corrected chi connectivity index (χ3v) is 5.51. The third-order valence-electron chi connectivity index (χ3n) is 4.04. The lowest BCUT2D eigenvalue weighted by Crippen LogP contribution is -2.25. The molecule has 1 heterocycles. The molecule has 1 N–H and O–H groups in total. The number of fused-ring (bicyclic) bond motifs is 2. The quantitative estimate of drug-likeness (QED) is 0.848. The third kappa shape index (κ3) is 2.69. The van der Waals surface area contributed by atoms with Crippen LogP contribution < -0.4 is 4.90 Å². The monoisotopic (exact) mass is 315 g/mol. The minimum atomic E-state index is -1.18. The number of hydrogen-bond acceptors (Lipinski definition) is 3. The highest BCUT2D eigenvalue weighted by molar-refractivity contribution is 7.85. The first-order chi connectivity index (χ1) is 10.8. The summed E-state index contributed by atoms with van der Waals surface area (Å²) in [6.45, 7) is 3.09. The second-order valence-corrected chi connectivity index (χ2v) is 6.97. The Hall–Kier alpha value is -1.65.